The number of nitrogens with zero attached hydrogens (tertiary/aromatic N) is 3. The van der Waals surface area contributed by atoms with Crippen LogP contribution in [0.3, 0.4) is 0 Å². The number of halogens is 1. The van der Waals surface area contributed by atoms with Crippen LogP contribution in [0.15, 0.2) is 66.9 Å². The van der Waals surface area contributed by atoms with Gasteiger partial charge < -0.3 is 20.3 Å². The van der Waals surface area contributed by atoms with Crippen LogP contribution in [0.1, 0.15) is 62.2 Å². The Morgan fingerprint density at radius 2 is 1.73 bits per heavy atom. The molecule has 0 spiro atoms. The molecule has 7 nitrogen and oxygen atoms in total. The number of aromatic nitrogens is 2. The number of hydrogen-bond donors (Lipinski definition) is 2. The van der Waals surface area contributed by atoms with Crippen LogP contribution in [-0.2, 0) is 0 Å². The first-order valence-electron chi connectivity index (χ1n) is 14.7. The number of piperidine rings is 1. The van der Waals surface area contributed by atoms with Crippen molar-refractivity contribution >= 4 is 34.0 Å². The summed E-state index contributed by atoms with van der Waals surface area (Å²) in [5.74, 6) is 1.63. The predicted molar refractivity (Wildman–Crippen MR) is 162 cm³/mol. The Hall–Kier alpha value is -4.20. The maximum absolute atomic E-state index is 14.5. The van der Waals surface area contributed by atoms with Crippen LogP contribution in [-0.4, -0.2) is 35.0 Å². The average Bonchev–Trinajstić information content (AvgIpc) is 3.00. The van der Waals surface area contributed by atoms with E-state index in [0.717, 1.165) is 61.2 Å². The number of benzene rings is 3. The van der Waals surface area contributed by atoms with E-state index in [-0.39, 0.29) is 5.91 Å². The van der Waals surface area contributed by atoms with Crippen molar-refractivity contribution in [2.75, 3.05) is 28.6 Å². The van der Waals surface area contributed by atoms with Gasteiger partial charge in [-0.2, -0.15) is 4.98 Å². The zero-order valence-corrected chi connectivity index (χ0v) is 23.4. The highest BCUT2D eigenvalue weighted by atomic mass is 19.1. The molecule has 0 atom stereocenters. The third kappa shape index (κ3) is 6.42. The number of amides is 1. The maximum Gasteiger partial charge on any atom is 0.255 e. The van der Waals surface area contributed by atoms with E-state index in [0.29, 0.717) is 34.9 Å². The molecular weight excluding hydrogens is 517 g/mol. The molecule has 1 saturated carbocycles. The van der Waals surface area contributed by atoms with Gasteiger partial charge in [-0.3, -0.25) is 4.79 Å². The summed E-state index contributed by atoms with van der Waals surface area (Å²) in [7, 11) is 0. The Morgan fingerprint density at radius 1 is 0.951 bits per heavy atom. The van der Waals surface area contributed by atoms with Gasteiger partial charge in [-0.05, 0) is 81.2 Å². The van der Waals surface area contributed by atoms with E-state index in [9.17, 15) is 9.18 Å². The second-order valence-electron chi connectivity index (χ2n) is 11.3. The fraction of sp³-hybridized carbons (Fsp3) is 0.364. The predicted octanol–water partition coefficient (Wildman–Crippen LogP) is 7.79. The highest BCUT2D eigenvalue weighted by Gasteiger charge is 2.20. The summed E-state index contributed by atoms with van der Waals surface area (Å²) >= 11 is 0. The number of carbonyl (C=O) groups is 1. The highest BCUT2D eigenvalue weighted by Crippen LogP contribution is 2.35. The topological polar surface area (TPSA) is 79.4 Å². The first-order valence-corrected chi connectivity index (χ1v) is 14.7. The van der Waals surface area contributed by atoms with Gasteiger partial charge >= 0.3 is 0 Å². The Kier molecular flexibility index (Phi) is 7.98. The van der Waals surface area contributed by atoms with Crippen molar-refractivity contribution in [1.29, 1.82) is 0 Å². The van der Waals surface area contributed by atoms with Gasteiger partial charge in [-0.15, -0.1) is 0 Å². The summed E-state index contributed by atoms with van der Waals surface area (Å²) in [6.45, 7) is 4.05. The molecule has 3 aromatic carbocycles. The van der Waals surface area contributed by atoms with E-state index in [1.807, 2.05) is 36.4 Å². The molecule has 2 N–H and O–H groups in total. The molecule has 2 fully saturated rings. The monoisotopic (exact) mass is 553 g/mol. The molecule has 212 valence electrons. The van der Waals surface area contributed by atoms with Crippen LogP contribution in [0.5, 0.6) is 11.6 Å². The van der Waals surface area contributed by atoms with Gasteiger partial charge in [0.1, 0.15) is 11.6 Å². The van der Waals surface area contributed by atoms with Crippen LogP contribution in [0.4, 0.5) is 21.7 Å². The van der Waals surface area contributed by atoms with E-state index in [1.54, 1.807) is 18.3 Å². The van der Waals surface area contributed by atoms with Crippen molar-refractivity contribution in [3.63, 3.8) is 0 Å². The Labute approximate surface area is 240 Å². The van der Waals surface area contributed by atoms with Crippen LogP contribution in [0.25, 0.3) is 10.8 Å². The summed E-state index contributed by atoms with van der Waals surface area (Å²) < 4.78 is 20.8. The van der Waals surface area contributed by atoms with Gasteiger partial charge in [0.25, 0.3) is 5.91 Å². The fourth-order valence-corrected chi connectivity index (χ4v) is 5.87. The van der Waals surface area contributed by atoms with Crippen LogP contribution in [0, 0.1) is 11.7 Å². The quantitative estimate of drug-likeness (QED) is 0.243. The van der Waals surface area contributed by atoms with Crippen LogP contribution in [0.2, 0.25) is 0 Å². The molecule has 2 aliphatic rings. The van der Waals surface area contributed by atoms with Crippen molar-refractivity contribution in [2.24, 2.45) is 5.92 Å². The van der Waals surface area contributed by atoms with Crippen molar-refractivity contribution < 1.29 is 13.9 Å². The zero-order valence-electron chi connectivity index (χ0n) is 23.4. The van der Waals surface area contributed by atoms with E-state index < -0.39 is 5.82 Å². The third-order valence-corrected chi connectivity index (χ3v) is 8.19. The van der Waals surface area contributed by atoms with Crippen molar-refractivity contribution in [2.45, 2.75) is 57.9 Å². The first kappa shape index (κ1) is 27.0. The van der Waals surface area contributed by atoms with Gasteiger partial charge in [0.15, 0.2) is 0 Å². The molecule has 8 heteroatoms. The molecule has 1 saturated heterocycles. The second-order valence-corrected chi connectivity index (χ2v) is 11.3. The largest absolute Gasteiger partial charge is 0.438 e. The molecule has 1 aromatic heterocycles. The van der Waals surface area contributed by atoms with Gasteiger partial charge in [-0.1, -0.05) is 31.2 Å². The molecule has 0 unspecified atom stereocenters. The van der Waals surface area contributed by atoms with Gasteiger partial charge in [0.2, 0.25) is 11.8 Å². The van der Waals surface area contributed by atoms with Crippen molar-refractivity contribution in [3.05, 3.63) is 78.2 Å². The maximum atomic E-state index is 14.5. The first-order chi connectivity index (χ1) is 20.0. The lowest BCUT2D eigenvalue weighted by Gasteiger charge is -2.29. The molecule has 1 amide bonds. The molecule has 1 aliphatic heterocycles. The molecule has 2 heterocycles. The number of anilines is 3. The molecule has 6 rings (SSSR count). The van der Waals surface area contributed by atoms with Gasteiger partial charge in [-0.25, -0.2) is 9.37 Å². The van der Waals surface area contributed by atoms with Crippen molar-refractivity contribution in [1.82, 2.24) is 9.97 Å². The average molecular weight is 554 g/mol. The number of ether oxygens (including phenoxy) is 1. The standard InChI is InChI=1S/C33H36FN5O2/c1-22-9-11-25(12-10-22)36-33-35-16-15-31(38-33)41-30-14-13-29(27-7-3-4-8-28(27)30)37-32(40)23-19-24(34)21-26(20-23)39-17-5-2-6-18-39/h3-4,7-8,13-16,19-22,25H,2,5-6,9-12,17-18H2,1H3,(H,37,40)(H,35,36,38). The smallest absolute Gasteiger partial charge is 0.255 e. The van der Waals surface area contributed by atoms with E-state index in [1.165, 1.54) is 31.4 Å². The number of nitrogens with one attached hydrogen (secondary N) is 2. The van der Waals surface area contributed by atoms with Gasteiger partial charge in [0, 0.05) is 59.1 Å². The van der Waals surface area contributed by atoms with Crippen LogP contribution < -0.4 is 20.3 Å². The Morgan fingerprint density at radius 3 is 2.54 bits per heavy atom. The van der Waals surface area contributed by atoms with Crippen LogP contribution >= 0.6 is 0 Å². The third-order valence-electron chi connectivity index (χ3n) is 8.19. The molecule has 0 bridgehead atoms. The number of hydrogen-bond acceptors (Lipinski definition) is 6. The summed E-state index contributed by atoms with van der Waals surface area (Å²) in [4.78, 5) is 24.4. The van der Waals surface area contributed by atoms with Crippen molar-refractivity contribution in [3.8, 4) is 11.6 Å². The molecule has 1 aliphatic carbocycles. The molecular formula is C33H36FN5O2. The van der Waals surface area contributed by atoms with E-state index in [4.69, 9.17) is 4.74 Å². The summed E-state index contributed by atoms with van der Waals surface area (Å²) in [6.07, 6.45) is 9.68. The normalized spacial score (nSPS) is 19.1. The lowest BCUT2D eigenvalue weighted by atomic mass is 9.87. The number of carbonyl (C=O) groups excluding carboxylic acids is 1. The Bertz CT molecular complexity index is 1530. The number of rotatable bonds is 7. The lowest BCUT2D eigenvalue weighted by Crippen LogP contribution is -2.29. The molecule has 41 heavy (non-hydrogen) atoms. The summed E-state index contributed by atoms with van der Waals surface area (Å²) in [5, 5.41) is 8.09. The zero-order chi connectivity index (χ0) is 28.2. The SMILES string of the molecule is CC1CCC(Nc2nccc(Oc3ccc(NC(=O)c4cc(F)cc(N5CCCCC5)c4)c4ccccc34)n2)CC1. The summed E-state index contributed by atoms with van der Waals surface area (Å²) in [6, 6.07) is 18.0. The van der Waals surface area contributed by atoms with Gasteiger partial charge in [0.05, 0.1) is 0 Å². The van der Waals surface area contributed by atoms with E-state index in [2.05, 4.69) is 32.4 Å². The fourth-order valence-electron chi connectivity index (χ4n) is 5.87. The lowest BCUT2D eigenvalue weighted by molar-refractivity contribution is 0.102. The van der Waals surface area contributed by atoms with E-state index >= 15 is 0 Å². The molecule has 4 aromatic rings. The minimum atomic E-state index is -0.413. The minimum Gasteiger partial charge on any atom is -0.438 e. The highest BCUT2D eigenvalue weighted by molar-refractivity contribution is 6.10. The minimum absolute atomic E-state index is 0.295. The summed E-state index contributed by atoms with van der Waals surface area (Å²) in [5.41, 5.74) is 1.67. The second kappa shape index (κ2) is 12.1. The molecule has 0 radical (unpaired) electrons. The Balaban J connectivity index is 1.20. The number of fused-ring (bicyclic) bond motifs is 1.